The van der Waals surface area contributed by atoms with Crippen LogP contribution in [0.25, 0.3) is 0 Å². The summed E-state index contributed by atoms with van der Waals surface area (Å²) < 4.78 is 31.0. The van der Waals surface area contributed by atoms with E-state index in [-0.39, 0.29) is 12.2 Å². The number of phenols is 2. The van der Waals surface area contributed by atoms with Crippen LogP contribution >= 0.6 is 0 Å². The monoisotopic (exact) mass is 276 g/mol. The lowest BCUT2D eigenvalue weighted by Gasteiger charge is -2.09. The molecule has 1 aromatic carbocycles. The van der Waals surface area contributed by atoms with Crippen molar-refractivity contribution in [3.8, 4) is 17.2 Å². The van der Waals surface area contributed by atoms with Gasteiger partial charge < -0.3 is 19.1 Å². The Bertz CT molecular complexity index is 562. The van der Waals surface area contributed by atoms with Gasteiger partial charge in [-0.05, 0) is 13.0 Å². The molecule has 1 aromatic rings. The molecule has 7 nitrogen and oxygen atoms in total. The minimum absolute atomic E-state index is 0.114. The second kappa shape index (κ2) is 5.13. The van der Waals surface area contributed by atoms with Gasteiger partial charge in [-0.15, -0.1) is 0 Å². The first kappa shape index (κ1) is 14.1. The van der Waals surface area contributed by atoms with Crippen LogP contribution in [0.1, 0.15) is 17.3 Å². The zero-order valence-corrected chi connectivity index (χ0v) is 10.5. The van der Waals surface area contributed by atoms with E-state index in [1.54, 1.807) is 6.92 Å². The third-order valence-electron chi connectivity index (χ3n) is 1.81. The second-order valence-electron chi connectivity index (χ2n) is 3.35. The van der Waals surface area contributed by atoms with E-state index in [0.717, 1.165) is 18.4 Å². The number of rotatable bonds is 4. The first-order chi connectivity index (χ1) is 8.24. The summed E-state index contributed by atoms with van der Waals surface area (Å²) in [6.07, 6.45) is 0.764. The maximum absolute atomic E-state index is 11.4. The number of hydrogen-bond acceptors (Lipinski definition) is 7. The number of hydrogen-bond donors (Lipinski definition) is 2. The van der Waals surface area contributed by atoms with Crippen molar-refractivity contribution in [2.45, 2.75) is 6.92 Å². The van der Waals surface area contributed by atoms with Crippen molar-refractivity contribution in [2.24, 2.45) is 0 Å². The van der Waals surface area contributed by atoms with Gasteiger partial charge in [-0.1, -0.05) is 0 Å². The number of ether oxygens (including phenoxy) is 1. The number of aromatic hydroxyl groups is 2. The standard InChI is InChI=1S/C10H12O7S/c1-3-16-10(13)6-4-7(11)9(12)8(5-6)17-18(2,14)15/h4-5,11-12H,3H2,1-2H3. The van der Waals surface area contributed by atoms with Crippen LogP contribution in [0, 0.1) is 0 Å². The lowest BCUT2D eigenvalue weighted by Crippen LogP contribution is -2.08. The predicted molar refractivity (Wildman–Crippen MR) is 61.2 cm³/mol. The van der Waals surface area contributed by atoms with E-state index in [4.69, 9.17) is 0 Å². The molecule has 8 heteroatoms. The van der Waals surface area contributed by atoms with Gasteiger partial charge in [0, 0.05) is 6.07 Å². The third-order valence-corrected chi connectivity index (χ3v) is 2.29. The Balaban J connectivity index is 3.22. The topological polar surface area (TPSA) is 110 Å². The number of phenolic OH excluding ortho intramolecular Hbond substituents is 2. The van der Waals surface area contributed by atoms with Crippen molar-refractivity contribution in [2.75, 3.05) is 12.9 Å². The molecule has 1 rings (SSSR count). The van der Waals surface area contributed by atoms with Gasteiger partial charge in [0.2, 0.25) is 5.75 Å². The normalized spacial score (nSPS) is 11.0. The summed E-state index contributed by atoms with van der Waals surface area (Å²) in [7, 11) is -3.89. The molecule has 0 saturated carbocycles. The number of esters is 1. The molecule has 0 radical (unpaired) electrons. The zero-order chi connectivity index (χ0) is 13.9. The van der Waals surface area contributed by atoms with Gasteiger partial charge in [-0.25, -0.2) is 4.79 Å². The average molecular weight is 276 g/mol. The van der Waals surface area contributed by atoms with Gasteiger partial charge in [-0.2, -0.15) is 8.42 Å². The van der Waals surface area contributed by atoms with E-state index in [1.807, 2.05) is 0 Å². The summed E-state index contributed by atoms with van der Waals surface area (Å²) in [4.78, 5) is 11.4. The molecule has 0 aliphatic carbocycles. The highest BCUT2D eigenvalue weighted by Gasteiger charge is 2.18. The SMILES string of the molecule is CCOC(=O)c1cc(O)c(O)c(OS(C)(=O)=O)c1. The summed E-state index contributed by atoms with van der Waals surface area (Å²) in [6.45, 7) is 1.70. The maximum atomic E-state index is 11.4. The van der Waals surface area contributed by atoms with Gasteiger partial charge in [0.1, 0.15) is 0 Å². The molecule has 0 amide bonds. The molecule has 0 heterocycles. The van der Waals surface area contributed by atoms with Crippen molar-refractivity contribution < 1.29 is 32.3 Å². The molecule has 0 saturated heterocycles. The van der Waals surface area contributed by atoms with E-state index in [9.17, 15) is 23.4 Å². The number of carbonyl (C=O) groups excluding carboxylic acids is 1. The fourth-order valence-electron chi connectivity index (χ4n) is 1.15. The van der Waals surface area contributed by atoms with Crippen LogP contribution in [-0.4, -0.2) is 37.5 Å². The molecule has 0 aliphatic heterocycles. The Labute approximate surface area is 104 Å². The van der Waals surface area contributed by atoms with E-state index >= 15 is 0 Å². The first-order valence-corrected chi connectivity index (χ1v) is 6.68. The molecule has 0 atom stereocenters. The Kier molecular flexibility index (Phi) is 4.02. The maximum Gasteiger partial charge on any atom is 0.338 e. The molecule has 2 N–H and O–H groups in total. The van der Waals surface area contributed by atoms with Gasteiger partial charge >= 0.3 is 16.1 Å². The molecule has 0 aromatic heterocycles. The van der Waals surface area contributed by atoms with Crippen LogP contribution < -0.4 is 4.18 Å². The minimum atomic E-state index is -3.89. The molecule has 18 heavy (non-hydrogen) atoms. The van der Waals surface area contributed by atoms with E-state index < -0.39 is 33.3 Å². The highest BCUT2D eigenvalue weighted by Crippen LogP contribution is 2.37. The fourth-order valence-corrected chi connectivity index (χ4v) is 1.61. The van der Waals surface area contributed by atoms with Crippen molar-refractivity contribution in [1.29, 1.82) is 0 Å². The fraction of sp³-hybridized carbons (Fsp3) is 0.300. The second-order valence-corrected chi connectivity index (χ2v) is 4.92. The van der Waals surface area contributed by atoms with Crippen molar-refractivity contribution in [1.82, 2.24) is 0 Å². The molecule has 0 bridgehead atoms. The average Bonchev–Trinajstić information content (AvgIpc) is 2.22. The molecule has 100 valence electrons. The molecule has 0 aliphatic rings. The lowest BCUT2D eigenvalue weighted by atomic mass is 10.2. The third kappa shape index (κ3) is 3.52. The van der Waals surface area contributed by atoms with Crippen molar-refractivity contribution >= 4 is 16.1 Å². The molecule has 0 unspecified atom stereocenters. The van der Waals surface area contributed by atoms with Gasteiger partial charge in [0.15, 0.2) is 11.5 Å². The highest BCUT2D eigenvalue weighted by atomic mass is 32.2. The van der Waals surface area contributed by atoms with E-state index in [1.165, 1.54) is 0 Å². The Hall–Kier alpha value is -1.96. The van der Waals surface area contributed by atoms with Gasteiger partial charge in [0.05, 0.1) is 18.4 Å². The van der Waals surface area contributed by atoms with Crippen LogP contribution in [0.3, 0.4) is 0 Å². The summed E-state index contributed by atoms with van der Waals surface area (Å²) in [6, 6.07) is 1.91. The molecular formula is C10H12O7S. The Morgan fingerprint density at radius 1 is 1.33 bits per heavy atom. The summed E-state index contributed by atoms with van der Waals surface area (Å²) in [5.41, 5.74) is -0.134. The lowest BCUT2D eigenvalue weighted by molar-refractivity contribution is 0.0525. The smallest absolute Gasteiger partial charge is 0.338 e. The summed E-state index contributed by atoms with van der Waals surface area (Å²) >= 11 is 0. The summed E-state index contributed by atoms with van der Waals surface area (Å²) in [5.74, 6) is -2.76. The van der Waals surface area contributed by atoms with Gasteiger partial charge in [0.25, 0.3) is 0 Å². The zero-order valence-electron chi connectivity index (χ0n) is 9.71. The van der Waals surface area contributed by atoms with Crippen LogP contribution in [-0.2, 0) is 14.9 Å². The Morgan fingerprint density at radius 2 is 1.94 bits per heavy atom. The van der Waals surface area contributed by atoms with E-state index in [0.29, 0.717) is 0 Å². The van der Waals surface area contributed by atoms with Crippen LogP contribution in [0.4, 0.5) is 0 Å². The van der Waals surface area contributed by atoms with Crippen LogP contribution in [0.5, 0.6) is 17.2 Å². The molecular weight excluding hydrogens is 264 g/mol. The Morgan fingerprint density at radius 3 is 2.44 bits per heavy atom. The minimum Gasteiger partial charge on any atom is -0.504 e. The van der Waals surface area contributed by atoms with Crippen LogP contribution in [0.15, 0.2) is 12.1 Å². The van der Waals surface area contributed by atoms with E-state index in [2.05, 4.69) is 8.92 Å². The molecule has 0 fully saturated rings. The highest BCUT2D eigenvalue weighted by molar-refractivity contribution is 7.86. The molecule has 0 spiro atoms. The predicted octanol–water partition coefficient (Wildman–Crippen LogP) is 0.613. The van der Waals surface area contributed by atoms with Crippen LogP contribution in [0.2, 0.25) is 0 Å². The quantitative estimate of drug-likeness (QED) is 0.471. The number of carbonyl (C=O) groups is 1. The van der Waals surface area contributed by atoms with Crippen molar-refractivity contribution in [3.05, 3.63) is 17.7 Å². The van der Waals surface area contributed by atoms with Crippen molar-refractivity contribution in [3.63, 3.8) is 0 Å². The number of benzene rings is 1. The first-order valence-electron chi connectivity index (χ1n) is 4.87. The largest absolute Gasteiger partial charge is 0.504 e. The van der Waals surface area contributed by atoms with Gasteiger partial charge in [-0.3, -0.25) is 0 Å². The summed E-state index contributed by atoms with van der Waals surface area (Å²) in [5, 5.41) is 18.8.